The molecule has 5 heteroatoms. The van der Waals surface area contributed by atoms with Crippen LogP contribution in [0.2, 0.25) is 0 Å². The summed E-state index contributed by atoms with van der Waals surface area (Å²) < 4.78 is 12.9. The summed E-state index contributed by atoms with van der Waals surface area (Å²) in [6.45, 7) is 0. The first kappa shape index (κ1) is 10.0. The topological polar surface area (TPSA) is 76.2 Å². The third kappa shape index (κ3) is 1.70. The molecule has 1 amide bonds. The molecule has 1 heterocycles. The molecule has 0 radical (unpaired) electrons. The number of amides is 1. The molecule has 2 unspecified atom stereocenters. The van der Waals surface area contributed by atoms with E-state index in [9.17, 15) is 14.3 Å². The lowest BCUT2D eigenvalue weighted by molar-refractivity contribution is -0.120. The molecule has 3 N–H and O–H groups in total. The van der Waals surface area contributed by atoms with Crippen molar-refractivity contribution in [2.24, 2.45) is 5.73 Å². The third-order valence-corrected chi connectivity index (χ3v) is 2.69. The maximum Gasteiger partial charge on any atom is 0.225 e. The standard InChI is InChI=1S/C10H11FN2O2/c11-8-4-2-5-6(10(12)15)1-3-7(14)9(5)13-8/h2,4,6-7,14H,1,3H2,(H2,12,15). The first-order valence-electron chi connectivity index (χ1n) is 4.73. The lowest BCUT2D eigenvalue weighted by Crippen LogP contribution is -2.27. The zero-order valence-electron chi connectivity index (χ0n) is 7.98. The number of rotatable bonds is 1. The highest BCUT2D eigenvalue weighted by molar-refractivity contribution is 5.82. The number of aliphatic hydroxyl groups excluding tert-OH is 1. The molecule has 2 rings (SSSR count). The number of nitrogens with zero attached hydrogens (tertiary/aromatic N) is 1. The Labute approximate surface area is 85.9 Å². The van der Waals surface area contributed by atoms with Crippen LogP contribution in [0.1, 0.15) is 36.1 Å². The van der Waals surface area contributed by atoms with Gasteiger partial charge >= 0.3 is 0 Å². The Hall–Kier alpha value is -1.49. The highest BCUT2D eigenvalue weighted by atomic mass is 19.1. The average Bonchev–Trinajstić information content (AvgIpc) is 2.19. The Bertz CT molecular complexity index is 408. The summed E-state index contributed by atoms with van der Waals surface area (Å²) in [5.41, 5.74) is 6.01. The molecule has 15 heavy (non-hydrogen) atoms. The van der Waals surface area contributed by atoms with Gasteiger partial charge in [-0.25, -0.2) is 4.98 Å². The van der Waals surface area contributed by atoms with Crippen molar-refractivity contribution >= 4 is 5.91 Å². The van der Waals surface area contributed by atoms with Gasteiger partial charge in [-0.15, -0.1) is 0 Å². The van der Waals surface area contributed by atoms with E-state index in [4.69, 9.17) is 5.73 Å². The van der Waals surface area contributed by atoms with E-state index in [-0.39, 0.29) is 5.69 Å². The van der Waals surface area contributed by atoms with Crippen LogP contribution in [-0.4, -0.2) is 16.0 Å². The number of halogens is 1. The van der Waals surface area contributed by atoms with E-state index in [2.05, 4.69) is 4.98 Å². The van der Waals surface area contributed by atoms with Crippen LogP contribution in [-0.2, 0) is 4.79 Å². The van der Waals surface area contributed by atoms with Crippen molar-refractivity contribution in [3.63, 3.8) is 0 Å². The zero-order valence-corrected chi connectivity index (χ0v) is 7.98. The fourth-order valence-electron chi connectivity index (χ4n) is 1.93. The molecule has 0 saturated carbocycles. The highest BCUT2D eigenvalue weighted by Gasteiger charge is 2.30. The van der Waals surface area contributed by atoms with E-state index in [1.54, 1.807) is 0 Å². The van der Waals surface area contributed by atoms with Crippen LogP contribution in [0.25, 0.3) is 0 Å². The van der Waals surface area contributed by atoms with Crippen LogP contribution in [0.5, 0.6) is 0 Å². The summed E-state index contributed by atoms with van der Waals surface area (Å²) in [5.74, 6) is -1.58. The number of fused-ring (bicyclic) bond motifs is 1. The van der Waals surface area contributed by atoms with Gasteiger partial charge in [0.05, 0.1) is 17.7 Å². The van der Waals surface area contributed by atoms with Gasteiger partial charge in [-0.05, 0) is 24.5 Å². The van der Waals surface area contributed by atoms with Crippen LogP contribution in [0.3, 0.4) is 0 Å². The third-order valence-electron chi connectivity index (χ3n) is 2.69. The number of hydrogen-bond donors (Lipinski definition) is 2. The van der Waals surface area contributed by atoms with Crippen LogP contribution in [0.4, 0.5) is 4.39 Å². The predicted molar refractivity (Wildman–Crippen MR) is 50.3 cm³/mol. The second kappa shape index (κ2) is 3.58. The van der Waals surface area contributed by atoms with Gasteiger partial charge in [0.1, 0.15) is 0 Å². The van der Waals surface area contributed by atoms with Crippen molar-refractivity contribution in [3.8, 4) is 0 Å². The number of primary amides is 1. The van der Waals surface area contributed by atoms with E-state index in [0.29, 0.717) is 18.4 Å². The smallest absolute Gasteiger partial charge is 0.225 e. The van der Waals surface area contributed by atoms with E-state index in [0.717, 1.165) is 0 Å². The second-order valence-electron chi connectivity index (χ2n) is 3.66. The van der Waals surface area contributed by atoms with Crippen molar-refractivity contribution in [1.29, 1.82) is 0 Å². The number of nitrogens with two attached hydrogens (primary N) is 1. The van der Waals surface area contributed by atoms with E-state index in [1.807, 2.05) is 0 Å². The summed E-state index contributed by atoms with van der Waals surface area (Å²) in [4.78, 5) is 14.7. The Morgan fingerprint density at radius 2 is 2.27 bits per heavy atom. The number of hydrogen-bond acceptors (Lipinski definition) is 3. The molecular weight excluding hydrogens is 199 g/mol. The molecule has 0 spiro atoms. The second-order valence-corrected chi connectivity index (χ2v) is 3.66. The predicted octanol–water partition coefficient (Wildman–Crippen LogP) is 0.617. The van der Waals surface area contributed by atoms with E-state index in [1.165, 1.54) is 12.1 Å². The number of carbonyl (C=O) groups is 1. The molecule has 1 aromatic rings. The van der Waals surface area contributed by atoms with Gasteiger partial charge in [0.25, 0.3) is 0 Å². The molecule has 0 fully saturated rings. The minimum Gasteiger partial charge on any atom is -0.387 e. The lowest BCUT2D eigenvalue weighted by atomic mass is 9.84. The monoisotopic (exact) mass is 210 g/mol. The number of pyridine rings is 1. The van der Waals surface area contributed by atoms with Crippen LogP contribution >= 0.6 is 0 Å². The summed E-state index contributed by atoms with van der Waals surface area (Å²) in [5, 5.41) is 9.60. The van der Waals surface area contributed by atoms with Crippen LogP contribution < -0.4 is 5.73 Å². The molecule has 0 aromatic carbocycles. The fraction of sp³-hybridized carbons (Fsp3) is 0.400. The Kier molecular flexibility index (Phi) is 2.40. The summed E-state index contributed by atoms with van der Waals surface area (Å²) >= 11 is 0. The van der Waals surface area contributed by atoms with Gasteiger partial charge in [-0.2, -0.15) is 4.39 Å². The van der Waals surface area contributed by atoms with Gasteiger partial charge in [-0.1, -0.05) is 6.07 Å². The molecule has 2 atom stereocenters. The van der Waals surface area contributed by atoms with Gasteiger partial charge in [0, 0.05) is 0 Å². The Morgan fingerprint density at radius 1 is 1.53 bits per heavy atom. The minimum absolute atomic E-state index is 0.241. The van der Waals surface area contributed by atoms with Crippen molar-refractivity contribution in [1.82, 2.24) is 4.98 Å². The van der Waals surface area contributed by atoms with Crippen molar-refractivity contribution in [3.05, 3.63) is 29.3 Å². The van der Waals surface area contributed by atoms with Crippen LogP contribution in [0.15, 0.2) is 12.1 Å². The van der Waals surface area contributed by atoms with Crippen molar-refractivity contribution < 1.29 is 14.3 Å². The summed E-state index contributed by atoms with van der Waals surface area (Å²) in [6, 6.07) is 2.64. The highest BCUT2D eigenvalue weighted by Crippen LogP contribution is 2.35. The number of carbonyl (C=O) groups excluding carboxylic acids is 1. The maximum atomic E-state index is 12.9. The van der Waals surface area contributed by atoms with Gasteiger partial charge in [-0.3, -0.25) is 4.79 Å². The summed E-state index contributed by atoms with van der Waals surface area (Å²) in [7, 11) is 0. The van der Waals surface area contributed by atoms with E-state index >= 15 is 0 Å². The molecule has 0 aliphatic heterocycles. The molecule has 0 bridgehead atoms. The molecule has 0 saturated heterocycles. The van der Waals surface area contributed by atoms with E-state index < -0.39 is 23.9 Å². The van der Waals surface area contributed by atoms with Crippen molar-refractivity contribution in [2.45, 2.75) is 24.9 Å². The number of aliphatic hydroxyl groups is 1. The lowest BCUT2D eigenvalue weighted by Gasteiger charge is -2.25. The molecule has 1 aliphatic carbocycles. The molecule has 1 aromatic heterocycles. The SMILES string of the molecule is NC(=O)C1CCC(O)c2nc(F)ccc21. The largest absolute Gasteiger partial charge is 0.387 e. The fourth-order valence-corrected chi connectivity index (χ4v) is 1.93. The molecule has 1 aliphatic rings. The first-order valence-corrected chi connectivity index (χ1v) is 4.73. The Balaban J connectivity index is 2.50. The van der Waals surface area contributed by atoms with Crippen molar-refractivity contribution in [2.75, 3.05) is 0 Å². The molecule has 80 valence electrons. The first-order chi connectivity index (χ1) is 7.09. The average molecular weight is 210 g/mol. The van der Waals surface area contributed by atoms with Gasteiger partial charge in [0.2, 0.25) is 11.9 Å². The molecular formula is C10H11FN2O2. The minimum atomic E-state index is -0.800. The summed E-state index contributed by atoms with van der Waals surface area (Å²) in [6.07, 6.45) is 0.0692. The molecule has 4 nitrogen and oxygen atoms in total. The maximum absolute atomic E-state index is 12.9. The normalized spacial score (nSPS) is 24.7. The Morgan fingerprint density at radius 3 is 2.93 bits per heavy atom. The van der Waals surface area contributed by atoms with Crippen LogP contribution in [0, 0.1) is 5.95 Å². The van der Waals surface area contributed by atoms with Gasteiger partial charge < -0.3 is 10.8 Å². The zero-order chi connectivity index (χ0) is 11.0. The van der Waals surface area contributed by atoms with Gasteiger partial charge in [0.15, 0.2) is 0 Å². The number of aromatic nitrogens is 1. The quantitative estimate of drug-likeness (QED) is 0.667.